The second kappa shape index (κ2) is 8.58. The predicted octanol–water partition coefficient (Wildman–Crippen LogP) is 3.78. The van der Waals surface area contributed by atoms with Gasteiger partial charge in [-0.15, -0.1) is 0 Å². The van der Waals surface area contributed by atoms with E-state index in [4.69, 9.17) is 4.74 Å². The van der Waals surface area contributed by atoms with E-state index in [1.807, 2.05) is 6.07 Å². The molecular weight excluding hydrogens is 437 g/mol. The van der Waals surface area contributed by atoms with Crippen LogP contribution in [0.5, 0.6) is 5.75 Å². The fourth-order valence-corrected chi connectivity index (χ4v) is 4.33. The van der Waals surface area contributed by atoms with E-state index >= 15 is 0 Å². The third-order valence-electron chi connectivity index (χ3n) is 6.02. The van der Waals surface area contributed by atoms with Gasteiger partial charge in [0.2, 0.25) is 5.91 Å². The van der Waals surface area contributed by atoms with Crippen molar-refractivity contribution in [1.82, 2.24) is 20.2 Å². The number of piperidine rings is 1. The minimum Gasteiger partial charge on any atom is -0.496 e. The largest absolute Gasteiger partial charge is 0.496 e. The van der Waals surface area contributed by atoms with Crippen LogP contribution in [-0.2, 0) is 11.3 Å². The van der Waals surface area contributed by atoms with Crippen molar-refractivity contribution in [2.75, 3.05) is 12.4 Å². The zero-order valence-corrected chi connectivity index (χ0v) is 18.5. The van der Waals surface area contributed by atoms with E-state index in [-0.39, 0.29) is 11.8 Å². The van der Waals surface area contributed by atoms with Gasteiger partial charge in [-0.25, -0.2) is 14.4 Å². The van der Waals surface area contributed by atoms with Gasteiger partial charge in [0, 0.05) is 41.3 Å². The third-order valence-corrected chi connectivity index (χ3v) is 6.02. The molecule has 172 valence electrons. The van der Waals surface area contributed by atoms with Crippen molar-refractivity contribution >= 4 is 23.3 Å². The molecular formula is C25H22FN5O3. The number of nitrogens with one attached hydrogen (secondary N) is 2. The molecule has 2 aliphatic heterocycles. The smallest absolute Gasteiger partial charge is 0.255 e. The average Bonchev–Trinajstić information content (AvgIpc) is 3.16. The number of anilines is 2. The van der Waals surface area contributed by atoms with Gasteiger partial charge in [-0.1, -0.05) is 12.6 Å². The van der Waals surface area contributed by atoms with Crippen LogP contribution in [0.4, 0.5) is 15.9 Å². The van der Waals surface area contributed by atoms with Gasteiger partial charge in [0.25, 0.3) is 5.91 Å². The molecule has 2 N–H and O–H groups in total. The minimum atomic E-state index is -0.533. The summed E-state index contributed by atoms with van der Waals surface area (Å²) in [6.07, 6.45) is 2.77. The lowest BCUT2D eigenvalue weighted by atomic mass is 10.0. The molecule has 3 aromatic rings. The van der Waals surface area contributed by atoms with E-state index in [2.05, 4.69) is 27.2 Å². The molecule has 2 amide bonds. The van der Waals surface area contributed by atoms with Crippen LogP contribution in [0.3, 0.4) is 0 Å². The highest BCUT2D eigenvalue weighted by Gasteiger charge is 2.39. The van der Waals surface area contributed by atoms with Gasteiger partial charge in [0.1, 0.15) is 23.4 Å². The Balaban J connectivity index is 1.42. The number of halogens is 1. The van der Waals surface area contributed by atoms with Crippen molar-refractivity contribution in [1.29, 1.82) is 0 Å². The molecule has 8 nitrogen and oxygen atoms in total. The van der Waals surface area contributed by atoms with E-state index in [0.29, 0.717) is 59.3 Å². The molecule has 1 aromatic heterocycles. The maximum Gasteiger partial charge on any atom is 0.255 e. The Morgan fingerprint density at radius 1 is 1.21 bits per heavy atom. The molecule has 9 heteroatoms. The first-order valence-corrected chi connectivity index (χ1v) is 10.8. The summed E-state index contributed by atoms with van der Waals surface area (Å²) >= 11 is 0. The standard InChI is InChI=1S/C25H22FN5O3/c1-14-6-9-20(24(32)28-14)31-13-18-16(25(31)33)4-3-5-19(18)29-22-10-11-27-23(30-22)17-8-7-15(26)12-21(17)34-2/h3-5,7-8,10-12,20H,1,6,9,13H2,2H3,(H,28,32)(H,27,29,30). The minimum absolute atomic E-state index is 0.175. The summed E-state index contributed by atoms with van der Waals surface area (Å²) in [5.41, 5.74) is 3.29. The van der Waals surface area contributed by atoms with Crippen LogP contribution in [0.1, 0.15) is 28.8 Å². The van der Waals surface area contributed by atoms with Gasteiger partial charge < -0.3 is 20.3 Å². The van der Waals surface area contributed by atoms with Crippen molar-refractivity contribution in [2.24, 2.45) is 0 Å². The molecule has 1 unspecified atom stereocenters. The molecule has 0 aliphatic carbocycles. The van der Waals surface area contributed by atoms with Crippen LogP contribution in [0, 0.1) is 5.82 Å². The number of benzene rings is 2. The number of hydrogen-bond donors (Lipinski definition) is 2. The topological polar surface area (TPSA) is 96.4 Å². The number of amides is 2. The number of rotatable bonds is 5. The summed E-state index contributed by atoms with van der Waals surface area (Å²) in [6.45, 7) is 4.12. The van der Waals surface area contributed by atoms with E-state index < -0.39 is 11.9 Å². The van der Waals surface area contributed by atoms with Gasteiger partial charge in [0.15, 0.2) is 5.82 Å². The zero-order chi connectivity index (χ0) is 23.8. The Morgan fingerprint density at radius 2 is 2.06 bits per heavy atom. The molecule has 1 saturated heterocycles. The van der Waals surface area contributed by atoms with Crippen LogP contribution in [0.25, 0.3) is 11.4 Å². The Labute approximate surface area is 195 Å². The van der Waals surface area contributed by atoms with Crippen molar-refractivity contribution in [2.45, 2.75) is 25.4 Å². The lowest BCUT2D eigenvalue weighted by Crippen LogP contribution is -2.49. The number of aromatic nitrogens is 2. The monoisotopic (exact) mass is 459 g/mol. The Morgan fingerprint density at radius 3 is 2.85 bits per heavy atom. The molecule has 3 heterocycles. The fourth-order valence-electron chi connectivity index (χ4n) is 4.33. The van der Waals surface area contributed by atoms with Crippen molar-refractivity contribution in [3.05, 3.63) is 77.9 Å². The van der Waals surface area contributed by atoms with Gasteiger partial charge in [-0.2, -0.15) is 0 Å². The zero-order valence-electron chi connectivity index (χ0n) is 18.5. The summed E-state index contributed by atoms with van der Waals surface area (Å²) in [5.74, 6) is 0.396. The summed E-state index contributed by atoms with van der Waals surface area (Å²) in [5, 5.41) is 6.02. The van der Waals surface area contributed by atoms with Crippen LogP contribution in [-0.4, -0.2) is 39.8 Å². The van der Waals surface area contributed by atoms with Crippen molar-refractivity contribution < 1.29 is 18.7 Å². The third kappa shape index (κ3) is 3.85. The number of carbonyl (C=O) groups is 2. The van der Waals surface area contributed by atoms with E-state index in [9.17, 15) is 14.0 Å². The lowest BCUT2D eigenvalue weighted by Gasteiger charge is -2.31. The number of fused-ring (bicyclic) bond motifs is 1. The van der Waals surface area contributed by atoms with Crippen molar-refractivity contribution in [3.63, 3.8) is 0 Å². The molecule has 5 rings (SSSR count). The maximum atomic E-state index is 13.6. The van der Waals surface area contributed by atoms with E-state index in [0.717, 1.165) is 5.56 Å². The molecule has 2 aliphatic rings. The van der Waals surface area contributed by atoms with Gasteiger partial charge in [0.05, 0.1) is 12.7 Å². The maximum absolute atomic E-state index is 13.6. The van der Waals surface area contributed by atoms with E-state index in [1.54, 1.807) is 35.4 Å². The van der Waals surface area contributed by atoms with Gasteiger partial charge in [-0.3, -0.25) is 9.59 Å². The molecule has 0 spiro atoms. The van der Waals surface area contributed by atoms with Crippen LogP contribution in [0.2, 0.25) is 0 Å². The number of nitrogens with zero attached hydrogens (tertiary/aromatic N) is 3. The lowest BCUT2D eigenvalue weighted by molar-refractivity contribution is -0.126. The number of methoxy groups -OCH3 is 1. The highest BCUT2D eigenvalue weighted by atomic mass is 19.1. The van der Waals surface area contributed by atoms with Crippen molar-refractivity contribution in [3.8, 4) is 17.1 Å². The van der Waals surface area contributed by atoms with E-state index in [1.165, 1.54) is 19.2 Å². The average molecular weight is 459 g/mol. The first-order chi connectivity index (χ1) is 16.4. The fraction of sp³-hybridized carbons (Fsp3) is 0.200. The molecule has 34 heavy (non-hydrogen) atoms. The predicted molar refractivity (Wildman–Crippen MR) is 124 cm³/mol. The second-order valence-corrected chi connectivity index (χ2v) is 8.15. The number of carbonyl (C=O) groups excluding carboxylic acids is 2. The SMILES string of the molecule is C=C1CCC(N2Cc3c(Nc4ccnc(-c5ccc(F)cc5OC)n4)cccc3C2=O)C(=O)N1. The Hall–Kier alpha value is -4.27. The second-order valence-electron chi connectivity index (χ2n) is 8.15. The highest BCUT2D eigenvalue weighted by Crippen LogP contribution is 2.34. The van der Waals surface area contributed by atoms with Crippen LogP contribution in [0.15, 0.2) is 60.9 Å². The summed E-state index contributed by atoms with van der Waals surface area (Å²) < 4.78 is 18.9. The summed E-state index contributed by atoms with van der Waals surface area (Å²) in [4.78, 5) is 36.0. The molecule has 0 saturated carbocycles. The number of ether oxygens (including phenoxy) is 1. The normalized spacial score (nSPS) is 17.4. The summed E-state index contributed by atoms with van der Waals surface area (Å²) in [7, 11) is 1.46. The van der Waals surface area contributed by atoms with Crippen LogP contribution >= 0.6 is 0 Å². The molecule has 0 radical (unpaired) electrons. The highest BCUT2D eigenvalue weighted by molar-refractivity contribution is 6.03. The Kier molecular flexibility index (Phi) is 5.45. The molecule has 1 atom stereocenters. The summed E-state index contributed by atoms with van der Waals surface area (Å²) in [6, 6.07) is 10.7. The van der Waals surface area contributed by atoms with Crippen LogP contribution < -0.4 is 15.4 Å². The quantitative estimate of drug-likeness (QED) is 0.603. The molecule has 1 fully saturated rings. The number of allylic oxidation sites excluding steroid dienone is 1. The van der Waals surface area contributed by atoms with Gasteiger partial charge in [-0.05, 0) is 43.2 Å². The van der Waals surface area contributed by atoms with Gasteiger partial charge >= 0.3 is 0 Å². The first-order valence-electron chi connectivity index (χ1n) is 10.8. The molecule has 2 aromatic carbocycles. The first kappa shape index (κ1) is 21.6. The molecule has 0 bridgehead atoms. The number of hydrogen-bond acceptors (Lipinski definition) is 6. The Bertz CT molecular complexity index is 1330.